The monoisotopic (exact) mass is 405 g/mol. The van der Waals surface area contributed by atoms with Crippen LogP contribution in [0.1, 0.15) is 21.5 Å². The maximum absolute atomic E-state index is 14.1. The standard InChI is InChI=1S/C19H20FN3O4S/c1-23-18-9-13(3-4-16(18)11-21-23)7-8-28(25,26)22-12-15-6-5-14(10-17(15)20)19(24)27-2/h3-6,9-11,22H,7-8,12H2,1-2H3. The Balaban J connectivity index is 1.62. The first-order valence-corrected chi connectivity index (χ1v) is 10.2. The van der Waals surface area contributed by atoms with Crippen LogP contribution in [0.15, 0.2) is 42.6 Å². The summed E-state index contributed by atoms with van der Waals surface area (Å²) in [6.45, 7) is -0.198. The molecular formula is C19H20FN3O4S. The van der Waals surface area contributed by atoms with Crippen molar-refractivity contribution in [1.82, 2.24) is 14.5 Å². The number of rotatable bonds is 7. The van der Waals surface area contributed by atoms with Gasteiger partial charge in [-0.2, -0.15) is 5.10 Å². The van der Waals surface area contributed by atoms with Crippen molar-refractivity contribution >= 4 is 26.9 Å². The lowest BCUT2D eigenvalue weighted by Gasteiger charge is -2.09. The van der Waals surface area contributed by atoms with E-state index in [0.717, 1.165) is 22.5 Å². The van der Waals surface area contributed by atoms with Crippen molar-refractivity contribution in [2.75, 3.05) is 12.9 Å². The Bertz CT molecular complexity index is 1130. The third-order valence-electron chi connectivity index (χ3n) is 4.43. The number of fused-ring (bicyclic) bond motifs is 1. The molecule has 0 amide bonds. The summed E-state index contributed by atoms with van der Waals surface area (Å²) in [6, 6.07) is 9.45. The van der Waals surface area contributed by atoms with E-state index in [4.69, 9.17) is 0 Å². The molecule has 7 nitrogen and oxygen atoms in total. The SMILES string of the molecule is COC(=O)c1ccc(CNS(=O)(=O)CCc2ccc3cnn(C)c3c2)c(F)c1. The summed E-state index contributed by atoms with van der Waals surface area (Å²) < 4.78 is 47.3. The van der Waals surface area contributed by atoms with Crippen molar-refractivity contribution in [2.45, 2.75) is 13.0 Å². The summed E-state index contributed by atoms with van der Waals surface area (Å²) in [4.78, 5) is 11.4. The van der Waals surface area contributed by atoms with E-state index in [2.05, 4.69) is 14.6 Å². The van der Waals surface area contributed by atoms with Gasteiger partial charge in [0.15, 0.2) is 0 Å². The van der Waals surface area contributed by atoms with E-state index >= 15 is 0 Å². The second kappa shape index (κ2) is 8.07. The molecule has 2 aromatic carbocycles. The molecule has 0 radical (unpaired) electrons. The Hall–Kier alpha value is -2.78. The number of methoxy groups -OCH3 is 1. The van der Waals surface area contributed by atoms with Gasteiger partial charge in [0, 0.05) is 24.5 Å². The Morgan fingerprint density at radius 3 is 2.75 bits per heavy atom. The molecule has 1 heterocycles. The molecule has 1 aromatic heterocycles. The molecule has 9 heteroatoms. The molecule has 0 atom stereocenters. The Labute approximate surface area is 162 Å². The van der Waals surface area contributed by atoms with Crippen LogP contribution in [0.2, 0.25) is 0 Å². The molecule has 0 aliphatic heterocycles. The number of sulfonamides is 1. The number of carbonyl (C=O) groups excluding carboxylic acids is 1. The van der Waals surface area contributed by atoms with Crippen LogP contribution in [-0.4, -0.2) is 37.0 Å². The number of aryl methyl sites for hydroxylation is 2. The van der Waals surface area contributed by atoms with E-state index in [1.165, 1.54) is 19.2 Å². The minimum absolute atomic E-state index is 0.0668. The Morgan fingerprint density at radius 2 is 2.04 bits per heavy atom. The van der Waals surface area contributed by atoms with Gasteiger partial charge < -0.3 is 4.74 Å². The lowest BCUT2D eigenvalue weighted by atomic mass is 10.1. The van der Waals surface area contributed by atoms with Crippen LogP contribution < -0.4 is 4.72 Å². The van der Waals surface area contributed by atoms with E-state index in [9.17, 15) is 17.6 Å². The summed E-state index contributed by atoms with van der Waals surface area (Å²) in [5.41, 5.74) is 2.01. The quantitative estimate of drug-likeness (QED) is 0.609. The van der Waals surface area contributed by atoms with Gasteiger partial charge in [0.25, 0.3) is 0 Å². The minimum atomic E-state index is -3.61. The largest absolute Gasteiger partial charge is 0.465 e. The first kappa shape index (κ1) is 20.0. The number of benzene rings is 2. The van der Waals surface area contributed by atoms with E-state index in [0.29, 0.717) is 6.42 Å². The van der Waals surface area contributed by atoms with Crippen molar-refractivity contribution in [2.24, 2.45) is 7.05 Å². The average molecular weight is 405 g/mol. The number of halogens is 1. The van der Waals surface area contributed by atoms with Crippen LogP contribution in [0, 0.1) is 5.82 Å². The van der Waals surface area contributed by atoms with Crippen LogP contribution in [0.5, 0.6) is 0 Å². The maximum Gasteiger partial charge on any atom is 0.337 e. The zero-order chi connectivity index (χ0) is 20.3. The zero-order valence-electron chi connectivity index (χ0n) is 15.5. The van der Waals surface area contributed by atoms with Gasteiger partial charge in [-0.25, -0.2) is 22.3 Å². The third kappa shape index (κ3) is 4.55. The molecule has 3 rings (SSSR count). The molecule has 0 saturated heterocycles. The number of hydrogen-bond acceptors (Lipinski definition) is 5. The molecule has 0 spiro atoms. The lowest BCUT2D eigenvalue weighted by Crippen LogP contribution is -2.27. The predicted molar refractivity (Wildman–Crippen MR) is 103 cm³/mol. The molecule has 1 N–H and O–H groups in total. The van der Waals surface area contributed by atoms with Gasteiger partial charge in [-0.15, -0.1) is 0 Å². The lowest BCUT2D eigenvalue weighted by molar-refractivity contribution is 0.0600. The highest BCUT2D eigenvalue weighted by Crippen LogP contribution is 2.16. The van der Waals surface area contributed by atoms with Crippen molar-refractivity contribution in [3.05, 3.63) is 65.1 Å². The fraction of sp³-hybridized carbons (Fsp3) is 0.263. The van der Waals surface area contributed by atoms with Crippen LogP contribution in [0.4, 0.5) is 4.39 Å². The predicted octanol–water partition coefficient (Wildman–Crippen LogP) is 2.16. The molecule has 0 aliphatic carbocycles. The summed E-state index contributed by atoms with van der Waals surface area (Å²) in [6.07, 6.45) is 2.07. The highest BCUT2D eigenvalue weighted by molar-refractivity contribution is 7.89. The maximum atomic E-state index is 14.1. The van der Waals surface area contributed by atoms with Gasteiger partial charge in [-0.1, -0.05) is 18.2 Å². The number of carbonyl (C=O) groups is 1. The number of nitrogens with zero attached hydrogens (tertiary/aromatic N) is 2. The molecule has 0 unspecified atom stereocenters. The second-order valence-electron chi connectivity index (χ2n) is 6.35. The smallest absolute Gasteiger partial charge is 0.337 e. The van der Waals surface area contributed by atoms with E-state index in [1.54, 1.807) is 10.9 Å². The highest BCUT2D eigenvalue weighted by Gasteiger charge is 2.14. The van der Waals surface area contributed by atoms with Crippen molar-refractivity contribution in [1.29, 1.82) is 0 Å². The normalized spacial score (nSPS) is 11.7. The highest BCUT2D eigenvalue weighted by atomic mass is 32.2. The number of nitrogens with one attached hydrogen (secondary N) is 1. The van der Waals surface area contributed by atoms with Crippen LogP contribution >= 0.6 is 0 Å². The molecule has 3 aromatic rings. The second-order valence-corrected chi connectivity index (χ2v) is 8.28. The van der Waals surface area contributed by atoms with Crippen molar-refractivity contribution in [3.63, 3.8) is 0 Å². The molecular weight excluding hydrogens is 385 g/mol. The van der Waals surface area contributed by atoms with Crippen LogP contribution in [0.3, 0.4) is 0 Å². The fourth-order valence-electron chi connectivity index (χ4n) is 2.79. The Kier molecular flexibility index (Phi) is 5.76. The third-order valence-corrected chi connectivity index (χ3v) is 5.76. The number of esters is 1. The van der Waals surface area contributed by atoms with Gasteiger partial charge in [0.1, 0.15) is 5.82 Å². The number of aromatic nitrogens is 2. The topological polar surface area (TPSA) is 90.3 Å². The van der Waals surface area contributed by atoms with Gasteiger partial charge in [0.05, 0.1) is 30.1 Å². The summed E-state index contributed by atoms with van der Waals surface area (Å²) in [5, 5.41) is 5.15. The average Bonchev–Trinajstić information content (AvgIpc) is 3.05. The molecule has 0 bridgehead atoms. The summed E-state index contributed by atoms with van der Waals surface area (Å²) in [7, 11) is -0.580. The zero-order valence-corrected chi connectivity index (χ0v) is 16.3. The molecule has 0 saturated carbocycles. The molecule has 28 heavy (non-hydrogen) atoms. The van der Waals surface area contributed by atoms with Gasteiger partial charge in [-0.3, -0.25) is 4.68 Å². The van der Waals surface area contributed by atoms with E-state index in [-0.39, 0.29) is 23.4 Å². The first-order chi connectivity index (χ1) is 13.3. The number of ether oxygens (including phenoxy) is 1. The first-order valence-electron chi connectivity index (χ1n) is 8.54. The molecule has 148 valence electrons. The van der Waals surface area contributed by atoms with Gasteiger partial charge >= 0.3 is 5.97 Å². The van der Waals surface area contributed by atoms with Crippen molar-refractivity contribution in [3.8, 4) is 0 Å². The van der Waals surface area contributed by atoms with Crippen LogP contribution in [-0.2, 0) is 34.8 Å². The van der Waals surface area contributed by atoms with Gasteiger partial charge in [0.2, 0.25) is 10.0 Å². The molecule has 0 fully saturated rings. The van der Waals surface area contributed by atoms with E-state index in [1.807, 2.05) is 25.2 Å². The summed E-state index contributed by atoms with van der Waals surface area (Å²) in [5.74, 6) is -1.46. The van der Waals surface area contributed by atoms with Crippen LogP contribution in [0.25, 0.3) is 10.9 Å². The summed E-state index contributed by atoms with van der Waals surface area (Å²) >= 11 is 0. The van der Waals surface area contributed by atoms with Gasteiger partial charge in [-0.05, 0) is 30.2 Å². The number of hydrogen-bond donors (Lipinski definition) is 1. The van der Waals surface area contributed by atoms with E-state index < -0.39 is 21.8 Å². The Morgan fingerprint density at radius 1 is 1.25 bits per heavy atom. The molecule has 0 aliphatic rings. The minimum Gasteiger partial charge on any atom is -0.465 e. The van der Waals surface area contributed by atoms with Crippen molar-refractivity contribution < 1.29 is 22.3 Å². The fourth-order valence-corrected chi connectivity index (χ4v) is 3.82.